The number of hydrogen-bond donors (Lipinski definition) is 1. The second-order valence-corrected chi connectivity index (χ2v) is 8.61. The van der Waals surface area contributed by atoms with Gasteiger partial charge in [-0.25, -0.2) is 4.79 Å². The number of benzene rings is 3. The summed E-state index contributed by atoms with van der Waals surface area (Å²) in [5.41, 5.74) is 6.64. The first-order valence-electron chi connectivity index (χ1n) is 8.48. The largest absolute Gasteiger partial charge is 0.366 e. The van der Waals surface area contributed by atoms with Crippen LogP contribution in [-0.4, -0.2) is 20.3 Å². The van der Waals surface area contributed by atoms with Crippen molar-refractivity contribution in [3.8, 4) is 0 Å². The fraction of sp³-hybridized carbons (Fsp3) is 0.0476. The molecule has 0 spiro atoms. The van der Waals surface area contributed by atoms with Crippen LogP contribution in [0.25, 0.3) is 0 Å². The highest BCUT2D eigenvalue weighted by Crippen LogP contribution is 2.22. The van der Waals surface area contributed by atoms with Gasteiger partial charge in [0.25, 0.3) is 0 Å². The average Bonchev–Trinajstić information content (AvgIpc) is 2.68. The van der Waals surface area contributed by atoms with Crippen LogP contribution in [0.15, 0.2) is 82.2 Å². The van der Waals surface area contributed by atoms with Crippen LogP contribution in [0, 0.1) is 0 Å². The molecule has 0 radical (unpaired) electrons. The second-order valence-electron chi connectivity index (χ2n) is 6.15. The molecule has 3 rings (SSSR count). The van der Waals surface area contributed by atoms with E-state index in [-0.39, 0.29) is 16.0 Å². The number of primary amides is 1. The fourth-order valence-corrected chi connectivity index (χ4v) is 3.94. The lowest BCUT2D eigenvalue weighted by molar-refractivity contribution is 0.0741. The third-order valence-corrected chi connectivity index (χ3v) is 5.89. The van der Waals surface area contributed by atoms with Gasteiger partial charge in [0, 0.05) is 4.47 Å². The van der Waals surface area contributed by atoms with Crippen molar-refractivity contribution in [2.24, 2.45) is 5.73 Å². The molecule has 1 amide bonds. The highest BCUT2D eigenvalue weighted by Gasteiger charge is 2.26. The van der Waals surface area contributed by atoms with Crippen LogP contribution in [0.5, 0.6) is 0 Å². The number of halogens is 1. The quantitative estimate of drug-likeness (QED) is 0.549. The molecule has 29 heavy (non-hydrogen) atoms. The Labute approximate surface area is 176 Å². The molecule has 0 aliphatic carbocycles. The predicted molar refractivity (Wildman–Crippen MR) is 111 cm³/mol. The van der Waals surface area contributed by atoms with E-state index in [9.17, 15) is 18.0 Å². The Morgan fingerprint density at radius 1 is 0.897 bits per heavy atom. The monoisotopic (exact) mass is 473 g/mol. The van der Waals surface area contributed by atoms with Gasteiger partial charge in [-0.2, -0.15) is 8.42 Å². The summed E-state index contributed by atoms with van der Waals surface area (Å²) in [6.45, 7) is 0. The molecule has 8 heteroatoms. The maximum atomic E-state index is 12.6. The van der Waals surface area contributed by atoms with Gasteiger partial charge in [0.1, 0.15) is 4.90 Å². The lowest BCUT2D eigenvalue weighted by Crippen LogP contribution is -2.22. The van der Waals surface area contributed by atoms with Crippen molar-refractivity contribution in [1.82, 2.24) is 0 Å². The van der Waals surface area contributed by atoms with Crippen LogP contribution in [0.1, 0.15) is 31.8 Å². The van der Waals surface area contributed by atoms with Crippen LogP contribution in [0.4, 0.5) is 0 Å². The van der Waals surface area contributed by atoms with Crippen molar-refractivity contribution in [2.75, 3.05) is 0 Å². The van der Waals surface area contributed by atoms with E-state index in [2.05, 4.69) is 15.9 Å². The van der Waals surface area contributed by atoms with Crippen LogP contribution in [-0.2, 0) is 20.7 Å². The van der Waals surface area contributed by atoms with Gasteiger partial charge in [-0.1, -0.05) is 58.4 Å². The summed E-state index contributed by atoms with van der Waals surface area (Å²) >= 11 is 3.21. The molecule has 0 unspecified atom stereocenters. The van der Waals surface area contributed by atoms with Gasteiger partial charge in [0.15, 0.2) is 0 Å². The Bertz CT molecular complexity index is 1160. The summed E-state index contributed by atoms with van der Waals surface area (Å²) < 4.78 is 30.2. The molecular weight excluding hydrogens is 458 g/mol. The molecule has 0 aliphatic heterocycles. The molecule has 0 bridgehead atoms. The van der Waals surface area contributed by atoms with E-state index in [0.717, 1.165) is 5.56 Å². The zero-order valence-corrected chi connectivity index (χ0v) is 17.4. The van der Waals surface area contributed by atoms with Gasteiger partial charge < -0.3 is 9.92 Å². The molecule has 148 valence electrons. The molecule has 0 atom stereocenters. The normalized spacial score (nSPS) is 11.1. The van der Waals surface area contributed by atoms with Gasteiger partial charge in [0.05, 0.1) is 11.1 Å². The minimum atomic E-state index is -4.36. The zero-order chi connectivity index (χ0) is 21.0. The Morgan fingerprint density at radius 3 is 2.17 bits per heavy atom. The lowest BCUT2D eigenvalue weighted by Gasteiger charge is -2.12. The Morgan fingerprint density at radius 2 is 1.55 bits per heavy atom. The summed E-state index contributed by atoms with van der Waals surface area (Å²) in [5.74, 6) is -2.01. The van der Waals surface area contributed by atoms with Crippen molar-refractivity contribution in [1.29, 1.82) is 0 Å². The number of rotatable bonds is 6. The lowest BCUT2D eigenvalue weighted by atomic mass is 9.95. The number of nitrogens with two attached hydrogens (primary N) is 1. The molecule has 3 aromatic carbocycles. The highest BCUT2D eigenvalue weighted by molar-refractivity contribution is 9.10. The molecule has 0 saturated heterocycles. The molecule has 2 N–H and O–H groups in total. The van der Waals surface area contributed by atoms with E-state index in [1.807, 2.05) is 30.3 Å². The summed E-state index contributed by atoms with van der Waals surface area (Å²) in [6, 6.07) is 19.4. The SMILES string of the molecule is NC(=O)c1c(Cc2ccccc2)cccc1C(=O)OS(=O)(=O)c1ccc(Br)cc1. The first-order valence-corrected chi connectivity index (χ1v) is 10.7. The van der Waals surface area contributed by atoms with Crippen molar-refractivity contribution < 1.29 is 22.2 Å². The maximum Gasteiger partial charge on any atom is 0.354 e. The van der Waals surface area contributed by atoms with Crippen molar-refractivity contribution in [3.05, 3.63) is 99.5 Å². The third kappa shape index (κ3) is 4.90. The first kappa shape index (κ1) is 20.8. The van der Waals surface area contributed by atoms with E-state index < -0.39 is 22.0 Å². The van der Waals surface area contributed by atoms with Gasteiger partial charge in [-0.05, 0) is 47.9 Å². The van der Waals surface area contributed by atoms with Gasteiger partial charge >= 0.3 is 16.1 Å². The van der Waals surface area contributed by atoms with Crippen molar-refractivity contribution >= 4 is 37.9 Å². The number of hydrogen-bond acceptors (Lipinski definition) is 5. The van der Waals surface area contributed by atoms with E-state index in [1.54, 1.807) is 12.1 Å². The smallest absolute Gasteiger partial charge is 0.354 e. The van der Waals surface area contributed by atoms with Gasteiger partial charge in [-0.15, -0.1) is 0 Å². The topological polar surface area (TPSA) is 104 Å². The number of amides is 1. The molecular formula is C21H16BrNO5S. The van der Waals surface area contributed by atoms with Gasteiger partial charge in [0.2, 0.25) is 5.91 Å². The molecule has 0 fully saturated rings. The van der Waals surface area contributed by atoms with Crippen molar-refractivity contribution in [3.63, 3.8) is 0 Å². The molecule has 0 aliphatic rings. The molecule has 0 aromatic heterocycles. The van der Waals surface area contributed by atoms with Crippen LogP contribution in [0.3, 0.4) is 0 Å². The van der Waals surface area contributed by atoms with E-state index in [1.165, 1.54) is 30.3 Å². The molecule has 6 nitrogen and oxygen atoms in total. The Kier molecular flexibility index (Phi) is 6.14. The summed E-state index contributed by atoms with van der Waals surface area (Å²) in [5, 5.41) is 0. The van der Waals surface area contributed by atoms with Crippen LogP contribution in [0.2, 0.25) is 0 Å². The minimum absolute atomic E-state index is 0.0626. The molecule has 0 heterocycles. The van der Waals surface area contributed by atoms with E-state index in [0.29, 0.717) is 16.5 Å². The van der Waals surface area contributed by atoms with Crippen molar-refractivity contribution in [2.45, 2.75) is 11.3 Å². The first-order chi connectivity index (χ1) is 13.8. The summed E-state index contributed by atoms with van der Waals surface area (Å²) in [4.78, 5) is 24.5. The third-order valence-electron chi connectivity index (χ3n) is 4.14. The van der Waals surface area contributed by atoms with E-state index >= 15 is 0 Å². The second kappa shape index (κ2) is 8.59. The Hall–Kier alpha value is -2.97. The summed E-state index contributed by atoms with van der Waals surface area (Å²) in [6.07, 6.45) is 0.347. The highest BCUT2D eigenvalue weighted by atomic mass is 79.9. The Balaban J connectivity index is 1.95. The predicted octanol–water partition coefficient (Wildman–Crippen LogP) is 3.68. The fourth-order valence-electron chi connectivity index (χ4n) is 2.82. The molecule has 0 saturated carbocycles. The van der Waals surface area contributed by atoms with E-state index in [4.69, 9.17) is 9.92 Å². The number of carbonyl (C=O) groups excluding carboxylic acids is 2. The zero-order valence-electron chi connectivity index (χ0n) is 15.0. The number of carbonyl (C=O) groups is 2. The molecule has 3 aromatic rings. The standard InChI is InChI=1S/C21H16BrNO5S/c22-16-9-11-17(12-10-16)29(26,27)28-21(25)18-8-4-7-15(19(18)20(23)24)13-14-5-2-1-3-6-14/h1-12H,13H2,(H2,23,24). The van der Waals surface area contributed by atoms with Gasteiger partial charge in [-0.3, -0.25) is 4.79 Å². The minimum Gasteiger partial charge on any atom is -0.366 e. The average molecular weight is 474 g/mol. The summed E-state index contributed by atoms with van der Waals surface area (Å²) in [7, 11) is -4.36. The van der Waals surface area contributed by atoms with Crippen LogP contribution < -0.4 is 5.73 Å². The maximum absolute atomic E-state index is 12.6. The van der Waals surface area contributed by atoms with Crippen LogP contribution >= 0.6 is 15.9 Å².